The second-order valence-corrected chi connectivity index (χ2v) is 7.09. The highest BCUT2D eigenvalue weighted by Gasteiger charge is 2.16. The molecule has 120 valence electrons. The minimum absolute atomic E-state index is 0.0120. The molecular formula is C20H22BrNO. The van der Waals surface area contributed by atoms with Crippen molar-refractivity contribution in [3.8, 4) is 0 Å². The summed E-state index contributed by atoms with van der Waals surface area (Å²) in [7, 11) is 0. The lowest BCUT2D eigenvalue weighted by Crippen LogP contribution is -2.28. The van der Waals surface area contributed by atoms with Crippen molar-refractivity contribution in [1.29, 1.82) is 0 Å². The Morgan fingerprint density at radius 2 is 1.78 bits per heavy atom. The number of nitrogens with one attached hydrogen (secondary N) is 1. The molecule has 1 unspecified atom stereocenters. The molecule has 0 aliphatic heterocycles. The first kappa shape index (κ1) is 16.3. The highest BCUT2D eigenvalue weighted by atomic mass is 79.9. The Kier molecular flexibility index (Phi) is 5.16. The summed E-state index contributed by atoms with van der Waals surface area (Å²) in [5.41, 5.74) is 4.86. The van der Waals surface area contributed by atoms with E-state index in [0.717, 1.165) is 10.9 Å². The number of carbonyl (C=O) groups excluding carboxylic acids is 1. The van der Waals surface area contributed by atoms with Gasteiger partial charge in [-0.05, 0) is 73.1 Å². The predicted octanol–water partition coefficient (Wildman–Crippen LogP) is 5.21. The van der Waals surface area contributed by atoms with E-state index in [0.29, 0.717) is 5.56 Å². The molecule has 3 heteroatoms. The van der Waals surface area contributed by atoms with Gasteiger partial charge in [-0.25, -0.2) is 0 Å². The molecule has 0 heterocycles. The van der Waals surface area contributed by atoms with Crippen molar-refractivity contribution in [3.63, 3.8) is 0 Å². The number of rotatable bonds is 4. The van der Waals surface area contributed by atoms with Gasteiger partial charge in [-0.3, -0.25) is 4.79 Å². The Bertz CT molecular complexity index is 693. The van der Waals surface area contributed by atoms with Gasteiger partial charge in [0.05, 0.1) is 6.04 Å². The van der Waals surface area contributed by atoms with Crippen LogP contribution < -0.4 is 5.32 Å². The summed E-state index contributed by atoms with van der Waals surface area (Å²) < 4.78 is 0.982. The first-order valence-electron chi connectivity index (χ1n) is 8.35. The maximum absolute atomic E-state index is 12.5. The van der Waals surface area contributed by atoms with Crippen LogP contribution in [0, 0.1) is 0 Å². The van der Waals surface area contributed by atoms with Gasteiger partial charge in [-0.15, -0.1) is 0 Å². The summed E-state index contributed by atoms with van der Waals surface area (Å²) >= 11 is 3.40. The van der Waals surface area contributed by atoms with E-state index in [1.807, 2.05) is 24.3 Å². The number of aryl methyl sites for hydroxylation is 2. The molecule has 1 aliphatic rings. The predicted molar refractivity (Wildman–Crippen MR) is 97.7 cm³/mol. The molecule has 0 saturated carbocycles. The molecule has 1 atom stereocenters. The van der Waals surface area contributed by atoms with Gasteiger partial charge in [0, 0.05) is 10.0 Å². The van der Waals surface area contributed by atoms with Gasteiger partial charge in [0.2, 0.25) is 0 Å². The topological polar surface area (TPSA) is 29.1 Å². The minimum atomic E-state index is -0.0120. The van der Waals surface area contributed by atoms with Crippen LogP contribution in [-0.4, -0.2) is 5.91 Å². The fourth-order valence-electron chi connectivity index (χ4n) is 3.23. The normalized spacial score (nSPS) is 14.9. The first-order valence-corrected chi connectivity index (χ1v) is 9.15. The molecule has 0 aromatic heterocycles. The number of hydrogen-bond donors (Lipinski definition) is 1. The maximum Gasteiger partial charge on any atom is 0.251 e. The van der Waals surface area contributed by atoms with Crippen molar-refractivity contribution in [2.45, 2.75) is 45.1 Å². The standard InChI is InChI=1S/C20H22BrNO/c1-2-19(22-20(23)15-9-11-18(21)12-10-15)17-8-7-14-5-3-4-6-16(14)13-17/h7-13,19H,2-6H2,1H3,(H,22,23). The Balaban J connectivity index is 1.77. The van der Waals surface area contributed by atoms with E-state index >= 15 is 0 Å². The third-order valence-electron chi connectivity index (χ3n) is 4.59. The highest BCUT2D eigenvalue weighted by molar-refractivity contribution is 9.10. The molecule has 3 rings (SSSR count). The third kappa shape index (κ3) is 3.84. The van der Waals surface area contributed by atoms with Gasteiger partial charge < -0.3 is 5.32 Å². The van der Waals surface area contributed by atoms with Crippen LogP contribution in [0.25, 0.3) is 0 Å². The molecule has 0 radical (unpaired) electrons. The van der Waals surface area contributed by atoms with Crippen molar-refractivity contribution in [2.75, 3.05) is 0 Å². The van der Waals surface area contributed by atoms with Gasteiger partial charge in [-0.1, -0.05) is 41.1 Å². The van der Waals surface area contributed by atoms with E-state index in [-0.39, 0.29) is 11.9 Å². The molecule has 1 aliphatic carbocycles. The molecular weight excluding hydrogens is 350 g/mol. The minimum Gasteiger partial charge on any atom is -0.345 e. The Morgan fingerprint density at radius 1 is 1.09 bits per heavy atom. The Hall–Kier alpha value is -1.61. The Labute approximate surface area is 146 Å². The van der Waals surface area contributed by atoms with Gasteiger partial charge in [0.1, 0.15) is 0 Å². The molecule has 0 bridgehead atoms. The van der Waals surface area contributed by atoms with Crippen molar-refractivity contribution in [3.05, 3.63) is 69.2 Å². The van der Waals surface area contributed by atoms with Crippen LogP contribution in [-0.2, 0) is 12.8 Å². The molecule has 1 N–H and O–H groups in total. The van der Waals surface area contributed by atoms with E-state index in [2.05, 4.69) is 46.4 Å². The third-order valence-corrected chi connectivity index (χ3v) is 5.12. The number of benzene rings is 2. The molecule has 2 aromatic rings. The van der Waals surface area contributed by atoms with Gasteiger partial charge in [0.25, 0.3) is 5.91 Å². The lowest BCUT2D eigenvalue weighted by molar-refractivity contribution is 0.0935. The summed E-state index contributed by atoms with van der Waals surface area (Å²) in [5.74, 6) is -0.0120. The SMILES string of the molecule is CCC(NC(=O)c1ccc(Br)cc1)c1ccc2c(c1)CCCC2. The smallest absolute Gasteiger partial charge is 0.251 e. The van der Waals surface area contributed by atoms with Crippen LogP contribution in [0.5, 0.6) is 0 Å². The largest absolute Gasteiger partial charge is 0.345 e. The second-order valence-electron chi connectivity index (χ2n) is 6.18. The molecule has 0 spiro atoms. The average molecular weight is 372 g/mol. The number of carbonyl (C=O) groups is 1. The van der Waals surface area contributed by atoms with Crippen LogP contribution in [0.2, 0.25) is 0 Å². The molecule has 2 nitrogen and oxygen atoms in total. The zero-order valence-electron chi connectivity index (χ0n) is 13.4. The molecule has 0 fully saturated rings. The quantitative estimate of drug-likeness (QED) is 0.784. The van der Waals surface area contributed by atoms with E-state index in [1.54, 1.807) is 0 Å². The summed E-state index contributed by atoms with van der Waals surface area (Å²) in [6.07, 6.45) is 5.82. The van der Waals surface area contributed by atoms with Gasteiger partial charge >= 0.3 is 0 Å². The Morgan fingerprint density at radius 3 is 2.48 bits per heavy atom. The van der Waals surface area contributed by atoms with E-state index in [9.17, 15) is 4.79 Å². The lowest BCUT2D eigenvalue weighted by Gasteiger charge is -2.21. The van der Waals surface area contributed by atoms with Crippen LogP contribution in [0.4, 0.5) is 0 Å². The molecule has 2 aromatic carbocycles. The van der Waals surface area contributed by atoms with Crippen molar-refractivity contribution in [1.82, 2.24) is 5.32 Å². The highest BCUT2D eigenvalue weighted by Crippen LogP contribution is 2.26. The first-order chi connectivity index (χ1) is 11.2. The molecule has 0 saturated heterocycles. The van der Waals surface area contributed by atoms with Crippen molar-refractivity contribution >= 4 is 21.8 Å². The van der Waals surface area contributed by atoms with Crippen LogP contribution in [0.15, 0.2) is 46.9 Å². The van der Waals surface area contributed by atoms with Crippen LogP contribution in [0.3, 0.4) is 0 Å². The maximum atomic E-state index is 12.5. The summed E-state index contributed by atoms with van der Waals surface area (Å²) in [6.45, 7) is 2.12. The van der Waals surface area contributed by atoms with Crippen LogP contribution in [0.1, 0.15) is 59.3 Å². The fraction of sp³-hybridized carbons (Fsp3) is 0.350. The molecule has 23 heavy (non-hydrogen) atoms. The number of amides is 1. The average Bonchev–Trinajstić information content (AvgIpc) is 2.59. The van der Waals surface area contributed by atoms with Crippen LogP contribution >= 0.6 is 15.9 Å². The molecule has 1 amide bonds. The zero-order chi connectivity index (χ0) is 16.2. The monoisotopic (exact) mass is 371 g/mol. The number of fused-ring (bicyclic) bond motifs is 1. The van der Waals surface area contributed by atoms with E-state index in [4.69, 9.17) is 0 Å². The van der Waals surface area contributed by atoms with Gasteiger partial charge in [-0.2, -0.15) is 0 Å². The van der Waals surface area contributed by atoms with Gasteiger partial charge in [0.15, 0.2) is 0 Å². The lowest BCUT2D eigenvalue weighted by atomic mass is 9.88. The second kappa shape index (κ2) is 7.31. The zero-order valence-corrected chi connectivity index (χ0v) is 15.0. The fourth-order valence-corrected chi connectivity index (χ4v) is 3.50. The van der Waals surface area contributed by atoms with E-state index in [1.165, 1.54) is 42.4 Å². The summed E-state index contributed by atoms with van der Waals surface area (Å²) in [4.78, 5) is 12.5. The van der Waals surface area contributed by atoms with Crippen molar-refractivity contribution < 1.29 is 4.79 Å². The summed E-state index contributed by atoms with van der Waals surface area (Å²) in [6, 6.07) is 14.3. The number of halogens is 1. The van der Waals surface area contributed by atoms with E-state index < -0.39 is 0 Å². The summed E-state index contributed by atoms with van der Waals surface area (Å²) in [5, 5.41) is 3.17. The number of hydrogen-bond acceptors (Lipinski definition) is 1. The van der Waals surface area contributed by atoms with Crippen molar-refractivity contribution in [2.24, 2.45) is 0 Å².